The number of hydrogen-bond acceptors (Lipinski definition) is 2. The summed E-state index contributed by atoms with van der Waals surface area (Å²) in [6.45, 7) is 4.39. The SMILES string of the molecule is CC(C)NCc1cc(F)c(Sc2ccccc2Cl)c(F)c1. The predicted molar refractivity (Wildman–Crippen MR) is 83.9 cm³/mol. The van der Waals surface area contributed by atoms with Crippen LogP contribution in [0.5, 0.6) is 0 Å². The van der Waals surface area contributed by atoms with E-state index in [1.807, 2.05) is 13.8 Å². The first-order valence-electron chi connectivity index (χ1n) is 6.61. The van der Waals surface area contributed by atoms with Gasteiger partial charge < -0.3 is 5.32 Å². The van der Waals surface area contributed by atoms with Gasteiger partial charge in [-0.25, -0.2) is 8.78 Å². The van der Waals surface area contributed by atoms with Crippen molar-refractivity contribution in [2.75, 3.05) is 0 Å². The highest BCUT2D eigenvalue weighted by Crippen LogP contribution is 2.36. The zero-order chi connectivity index (χ0) is 15.4. The maximum atomic E-state index is 14.1. The van der Waals surface area contributed by atoms with Gasteiger partial charge in [-0.3, -0.25) is 0 Å². The summed E-state index contributed by atoms with van der Waals surface area (Å²) in [5.74, 6) is -1.14. The van der Waals surface area contributed by atoms with Crippen molar-refractivity contribution in [3.63, 3.8) is 0 Å². The second-order valence-corrected chi connectivity index (χ2v) is 6.42. The lowest BCUT2D eigenvalue weighted by Crippen LogP contribution is -2.22. The average molecular weight is 328 g/mol. The zero-order valence-corrected chi connectivity index (χ0v) is 13.4. The van der Waals surface area contributed by atoms with E-state index in [2.05, 4.69) is 5.32 Å². The summed E-state index contributed by atoms with van der Waals surface area (Å²) in [5.41, 5.74) is 0.585. The third-order valence-electron chi connectivity index (χ3n) is 2.82. The maximum Gasteiger partial charge on any atom is 0.140 e. The Morgan fingerprint density at radius 2 is 1.76 bits per heavy atom. The van der Waals surface area contributed by atoms with Crippen molar-refractivity contribution in [1.82, 2.24) is 5.32 Å². The Morgan fingerprint density at radius 1 is 1.14 bits per heavy atom. The first-order chi connectivity index (χ1) is 9.97. The smallest absolute Gasteiger partial charge is 0.140 e. The Balaban J connectivity index is 2.23. The van der Waals surface area contributed by atoms with Crippen molar-refractivity contribution in [1.29, 1.82) is 0 Å². The molecule has 1 N–H and O–H groups in total. The molecule has 0 aliphatic carbocycles. The molecule has 0 heterocycles. The molecular weight excluding hydrogens is 312 g/mol. The quantitative estimate of drug-likeness (QED) is 0.803. The second-order valence-electron chi connectivity index (χ2n) is 4.96. The second kappa shape index (κ2) is 7.25. The molecule has 112 valence electrons. The molecule has 0 saturated carbocycles. The third kappa shape index (κ3) is 4.43. The van der Waals surface area contributed by atoms with Crippen LogP contribution in [0, 0.1) is 11.6 Å². The van der Waals surface area contributed by atoms with E-state index in [-0.39, 0.29) is 10.9 Å². The van der Waals surface area contributed by atoms with Crippen molar-refractivity contribution in [2.45, 2.75) is 36.2 Å². The van der Waals surface area contributed by atoms with Crippen LogP contribution in [0.25, 0.3) is 0 Å². The van der Waals surface area contributed by atoms with E-state index < -0.39 is 11.6 Å². The molecule has 0 amide bonds. The highest BCUT2D eigenvalue weighted by molar-refractivity contribution is 7.99. The van der Waals surface area contributed by atoms with E-state index in [4.69, 9.17) is 11.6 Å². The lowest BCUT2D eigenvalue weighted by Gasteiger charge is -2.11. The van der Waals surface area contributed by atoms with Crippen LogP contribution in [0.3, 0.4) is 0 Å². The molecule has 0 aliphatic rings. The van der Waals surface area contributed by atoms with E-state index in [0.717, 1.165) is 11.8 Å². The predicted octanol–water partition coefficient (Wildman–Crippen LogP) is 5.27. The van der Waals surface area contributed by atoms with Gasteiger partial charge in [0.2, 0.25) is 0 Å². The van der Waals surface area contributed by atoms with Crippen LogP contribution >= 0.6 is 23.4 Å². The Bertz CT molecular complexity index is 608. The molecular formula is C16H16ClF2NS. The zero-order valence-electron chi connectivity index (χ0n) is 11.8. The first-order valence-corrected chi connectivity index (χ1v) is 7.80. The van der Waals surface area contributed by atoms with Crippen molar-refractivity contribution < 1.29 is 8.78 Å². The standard InChI is InChI=1S/C16H16ClF2NS/c1-10(2)20-9-11-7-13(18)16(14(19)8-11)21-15-6-4-3-5-12(15)17/h3-8,10,20H,9H2,1-2H3. The fourth-order valence-electron chi connectivity index (χ4n) is 1.77. The number of benzene rings is 2. The van der Waals surface area contributed by atoms with Crippen LogP contribution in [-0.2, 0) is 6.54 Å². The minimum Gasteiger partial charge on any atom is -0.310 e. The fraction of sp³-hybridized carbons (Fsp3) is 0.250. The number of rotatable bonds is 5. The van der Waals surface area contributed by atoms with Crippen LogP contribution in [-0.4, -0.2) is 6.04 Å². The van der Waals surface area contributed by atoms with Gasteiger partial charge in [-0.15, -0.1) is 0 Å². The van der Waals surface area contributed by atoms with Gasteiger partial charge in [0.1, 0.15) is 11.6 Å². The van der Waals surface area contributed by atoms with Crippen molar-refractivity contribution in [3.8, 4) is 0 Å². The summed E-state index contributed by atoms with van der Waals surface area (Å²) >= 11 is 7.02. The first kappa shape index (κ1) is 16.3. The Morgan fingerprint density at radius 3 is 2.33 bits per heavy atom. The van der Waals surface area contributed by atoms with E-state index in [1.54, 1.807) is 24.3 Å². The van der Waals surface area contributed by atoms with Gasteiger partial charge in [-0.2, -0.15) is 0 Å². The normalized spacial score (nSPS) is 11.1. The number of hydrogen-bond donors (Lipinski definition) is 1. The Kier molecular flexibility index (Phi) is 5.62. The molecule has 2 rings (SSSR count). The lowest BCUT2D eigenvalue weighted by atomic mass is 10.2. The summed E-state index contributed by atoms with van der Waals surface area (Å²) in [6, 6.07) is 9.97. The molecule has 21 heavy (non-hydrogen) atoms. The lowest BCUT2D eigenvalue weighted by molar-refractivity contribution is 0.529. The van der Waals surface area contributed by atoms with E-state index in [9.17, 15) is 8.78 Å². The third-order valence-corrected chi connectivity index (χ3v) is 4.43. The van der Waals surface area contributed by atoms with Crippen LogP contribution in [0.2, 0.25) is 5.02 Å². The van der Waals surface area contributed by atoms with E-state index in [0.29, 0.717) is 22.0 Å². The van der Waals surface area contributed by atoms with E-state index >= 15 is 0 Å². The van der Waals surface area contributed by atoms with Gasteiger partial charge in [-0.05, 0) is 29.8 Å². The molecule has 0 radical (unpaired) electrons. The summed E-state index contributed by atoms with van der Waals surface area (Å²) in [5, 5.41) is 3.61. The fourth-order valence-corrected chi connectivity index (χ4v) is 2.87. The van der Waals surface area contributed by atoms with Gasteiger partial charge in [0.05, 0.1) is 9.92 Å². The minimum atomic E-state index is -0.569. The summed E-state index contributed by atoms with van der Waals surface area (Å²) < 4.78 is 28.2. The van der Waals surface area contributed by atoms with Crippen LogP contribution in [0.15, 0.2) is 46.2 Å². The minimum absolute atomic E-state index is 0.0311. The molecule has 0 aromatic heterocycles. The maximum absolute atomic E-state index is 14.1. The molecule has 0 unspecified atom stereocenters. The molecule has 5 heteroatoms. The highest BCUT2D eigenvalue weighted by Gasteiger charge is 2.14. The molecule has 0 fully saturated rings. The van der Waals surface area contributed by atoms with Crippen LogP contribution in [0.4, 0.5) is 8.78 Å². The largest absolute Gasteiger partial charge is 0.310 e. The summed E-state index contributed by atoms with van der Waals surface area (Å²) in [7, 11) is 0. The highest BCUT2D eigenvalue weighted by atomic mass is 35.5. The average Bonchev–Trinajstić information content (AvgIpc) is 2.42. The molecule has 2 aromatic rings. The number of halogens is 3. The molecule has 0 atom stereocenters. The molecule has 0 spiro atoms. The van der Waals surface area contributed by atoms with Crippen molar-refractivity contribution in [3.05, 3.63) is 58.6 Å². The number of nitrogens with one attached hydrogen (secondary N) is 1. The molecule has 0 saturated heterocycles. The van der Waals surface area contributed by atoms with Crippen molar-refractivity contribution >= 4 is 23.4 Å². The van der Waals surface area contributed by atoms with Gasteiger partial charge in [-0.1, -0.05) is 49.3 Å². The van der Waals surface area contributed by atoms with E-state index in [1.165, 1.54) is 12.1 Å². The Hall–Kier alpha value is -1.10. The molecule has 1 nitrogen and oxygen atoms in total. The van der Waals surface area contributed by atoms with Gasteiger partial charge in [0.25, 0.3) is 0 Å². The monoisotopic (exact) mass is 327 g/mol. The summed E-state index contributed by atoms with van der Waals surface area (Å²) in [4.78, 5) is 0.599. The van der Waals surface area contributed by atoms with Gasteiger partial charge in [0, 0.05) is 17.5 Å². The summed E-state index contributed by atoms with van der Waals surface area (Å²) in [6.07, 6.45) is 0. The van der Waals surface area contributed by atoms with Crippen LogP contribution < -0.4 is 5.32 Å². The van der Waals surface area contributed by atoms with Crippen LogP contribution in [0.1, 0.15) is 19.4 Å². The Labute approximate surface area is 132 Å². The molecule has 0 bridgehead atoms. The van der Waals surface area contributed by atoms with Crippen molar-refractivity contribution in [2.24, 2.45) is 0 Å². The van der Waals surface area contributed by atoms with Gasteiger partial charge >= 0.3 is 0 Å². The topological polar surface area (TPSA) is 12.0 Å². The molecule has 0 aliphatic heterocycles. The van der Waals surface area contributed by atoms with Gasteiger partial charge in [0.15, 0.2) is 0 Å². The molecule has 2 aromatic carbocycles.